The Morgan fingerprint density at radius 3 is 2.94 bits per heavy atom. The SMILES string of the molecule is COc1cc(N)ccc1C(=O)NCCC1CC1. The number of rotatable bonds is 5. The van der Waals surface area contributed by atoms with E-state index in [2.05, 4.69) is 5.32 Å². The van der Waals surface area contributed by atoms with Gasteiger partial charge < -0.3 is 15.8 Å². The molecule has 1 aromatic carbocycles. The maximum absolute atomic E-state index is 11.9. The number of amides is 1. The minimum absolute atomic E-state index is 0.0949. The Hall–Kier alpha value is -1.71. The lowest BCUT2D eigenvalue weighted by Gasteiger charge is -2.09. The summed E-state index contributed by atoms with van der Waals surface area (Å²) in [5.74, 6) is 1.25. The second-order valence-corrected chi connectivity index (χ2v) is 4.45. The molecule has 0 bridgehead atoms. The fourth-order valence-electron chi connectivity index (χ4n) is 1.79. The number of benzene rings is 1. The monoisotopic (exact) mass is 234 g/mol. The number of carbonyl (C=O) groups excluding carboxylic acids is 1. The fraction of sp³-hybridized carbons (Fsp3) is 0.462. The van der Waals surface area contributed by atoms with Gasteiger partial charge in [0.1, 0.15) is 5.75 Å². The molecule has 1 saturated carbocycles. The first kappa shape index (κ1) is 11.8. The minimum Gasteiger partial charge on any atom is -0.496 e. The third kappa shape index (κ3) is 3.12. The van der Waals surface area contributed by atoms with Crippen LogP contribution >= 0.6 is 0 Å². The van der Waals surface area contributed by atoms with Crippen LogP contribution in [0.2, 0.25) is 0 Å². The molecule has 1 aromatic rings. The Balaban J connectivity index is 1.96. The average molecular weight is 234 g/mol. The highest BCUT2D eigenvalue weighted by atomic mass is 16.5. The summed E-state index contributed by atoms with van der Waals surface area (Å²) in [5, 5.41) is 2.90. The molecule has 0 heterocycles. The molecule has 0 unspecified atom stereocenters. The van der Waals surface area contributed by atoms with Gasteiger partial charge in [0.15, 0.2) is 0 Å². The fourth-order valence-corrected chi connectivity index (χ4v) is 1.79. The maximum Gasteiger partial charge on any atom is 0.255 e. The molecule has 3 N–H and O–H groups in total. The molecule has 92 valence electrons. The van der Waals surface area contributed by atoms with E-state index in [0.717, 1.165) is 18.9 Å². The Bertz CT molecular complexity index is 414. The predicted octanol–water partition coefficient (Wildman–Crippen LogP) is 1.81. The highest BCUT2D eigenvalue weighted by Gasteiger charge is 2.21. The summed E-state index contributed by atoms with van der Waals surface area (Å²) in [6.07, 6.45) is 3.69. The smallest absolute Gasteiger partial charge is 0.255 e. The molecular weight excluding hydrogens is 216 g/mol. The van der Waals surface area contributed by atoms with Crippen molar-refractivity contribution < 1.29 is 9.53 Å². The molecular formula is C13H18N2O2. The molecule has 0 saturated heterocycles. The lowest BCUT2D eigenvalue weighted by Crippen LogP contribution is -2.25. The standard InChI is InChI=1S/C13H18N2O2/c1-17-12-8-10(14)4-5-11(12)13(16)15-7-6-9-2-3-9/h4-5,8-9H,2-3,6-7,14H2,1H3,(H,15,16). The Labute approximate surface area is 101 Å². The molecule has 1 amide bonds. The third-order valence-electron chi connectivity index (χ3n) is 3.01. The zero-order valence-corrected chi connectivity index (χ0v) is 10.0. The molecule has 2 rings (SSSR count). The molecule has 17 heavy (non-hydrogen) atoms. The van der Waals surface area contributed by atoms with E-state index < -0.39 is 0 Å². The number of carbonyl (C=O) groups is 1. The van der Waals surface area contributed by atoms with Crippen molar-refractivity contribution in [3.05, 3.63) is 23.8 Å². The molecule has 0 aromatic heterocycles. The van der Waals surface area contributed by atoms with E-state index in [1.54, 1.807) is 18.2 Å². The maximum atomic E-state index is 11.9. The van der Waals surface area contributed by atoms with Crippen molar-refractivity contribution in [2.75, 3.05) is 19.4 Å². The van der Waals surface area contributed by atoms with Gasteiger partial charge in [-0.25, -0.2) is 0 Å². The number of hydrogen-bond acceptors (Lipinski definition) is 3. The van der Waals surface area contributed by atoms with Gasteiger partial charge in [-0.2, -0.15) is 0 Å². The molecule has 4 nitrogen and oxygen atoms in total. The van der Waals surface area contributed by atoms with E-state index in [1.165, 1.54) is 20.0 Å². The number of methoxy groups -OCH3 is 1. The normalized spacial score (nSPS) is 14.4. The lowest BCUT2D eigenvalue weighted by molar-refractivity contribution is 0.0949. The van der Waals surface area contributed by atoms with Crippen LogP contribution in [0.25, 0.3) is 0 Å². The van der Waals surface area contributed by atoms with E-state index in [-0.39, 0.29) is 5.91 Å². The first-order chi connectivity index (χ1) is 8.20. The van der Waals surface area contributed by atoms with Crippen LogP contribution in [-0.2, 0) is 0 Å². The highest BCUT2D eigenvalue weighted by molar-refractivity contribution is 5.97. The topological polar surface area (TPSA) is 64.3 Å². The number of nitrogens with one attached hydrogen (secondary N) is 1. The first-order valence-electron chi connectivity index (χ1n) is 5.92. The van der Waals surface area contributed by atoms with E-state index in [4.69, 9.17) is 10.5 Å². The van der Waals surface area contributed by atoms with Gasteiger partial charge in [-0.3, -0.25) is 4.79 Å². The highest BCUT2D eigenvalue weighted by Crippen LogP contribution is 2.31. The van der Waals surface area contributed by atoms with Crippen LogP contribution in [0.5, 0.6) is 5.75 Å². The van der Waals surface area contributed by atoms with E-state index >= 15 is 0 Å². The molecule has 1 aliphatic rings. The largest absolute Gasteiger partial charge is 0.496 e. The van der Waals surface area contributed by atoms with Gasteiger partial charge in [-0.15, -0.1) is 0 Å². The van der Waals surface area contributed by atoms with Gasteiger partial charge in [0.05, 0.1) is 12.7 Å². The zero-order chi connectivity index (χ0) is 12.3. The van der Waals surface area contributed by atoms with Crippen LogP contribution in [0.15, 0.2) is 18.2 Å². The summed E-state index contributed by atoms with van der Waals surface area (Å²) < 4.78 is 5.15. The number of nitrogen functional groups attached to an aromatic ring is 1. The summed E-state index contributed by atoms with van der Waals surface area (Å²) in [4.78, 5) is 11.9. The van der Waals surface area contributed by atoms with Gasteiger partial charge >= 0.3 is 0 Å². The molecule has 0 aliphatic heterocycles. The van der Waals surface area contributed by atoms with Crippen molar-refractivity contribution in [1.29, 1.82) is 0 Å². The summed E-state index contributed by atoms with van der Waals surface area (Å²) in [6, 6.07) is 5.06. The van der Waals surface area contributed by atoms with Crippen molar-refractivity contribution in [2.45, 2.75) is 19.3 Å². The van der Waals surface area contributed by atoms with Gasteiger partial charge in [0.25, 0.3) is 5.91 Å². The molecule has 0 atom stereocenters. The summed E-state index contributed by atoms with van der Waals surface area (Å²) >= 11 is 0. The second-order valence-electron chi connectivity index (χ2n) is 4.45. The quantitative estimate of drug-likeness (QED) is 0.764. The number of ether oxygens (including phenoxy) is 1. The molecule has 4 heteroatoms. The second kappa shape index (κ2) is 5.08. The summed E-state index contributed by atoms with van der Waals surface area (Å²) in [7, 11) is 1.54. The molecule has 0 radical (unpaired) electrons. The van der Waals surface area contributed by atoms with Crippen molar-refractivity contribution >= 4 is 11.6 Å². The van der Waals surface area contributed by atoms with Crippen molar-refractivity contribution in [3.63, 3.8) is 0 Å². The number of nitrogens with two attached hydrogens (primary N) is 1. The Kier molecular flexibility index (Phi) is 3.52. The van der Waals surface area contributed by atoms with Gasteiger partial charge in [-0.05, 0) is 24.5 Å². The minimum atomic E-state index is -0.0949. The summed E-state index contributed by atoms with van der Waals surface area (Å²) in [5.41, 5.74) is 6.77. The van der Waals surface area contributed by atoms with Gasteiger partial charge in [0.2, 0.25) is 0 Å². The first-order valence-corrected chi connectivity index (χ1v) is 5.92. The summed E-state index contributed by atoms with van der Waals surface area (Å²) in [6.45, 7) is 0.733. The average Bonchev–Trinajstić information content (AvgIpc) is 3.12. The number of hydrogen-bond donors (Lipinski definition) is 2. The number of anilines is 1. The van der Waals surface area contributed by atoms with Gasteiger partial charge in [0, 0.05) is 18.3 Å². The van der Waals surface area contributed by atoms with Gasteiger partial charge in [-0.1, -0.05) is 12.8 Å². The molecule has 1 fully saturated rings. The molecule has 0 spiro atoms. The zero-order valence-electron chi connectivity index (χ0n) is 10.0. The predicted molar refractivity (Wildman–Crippen MR) is 67.1 cm³/mol. The van der Waals surface area contributed by atoms with Crippen LogP contribution in [0.4, 0.5) is 5.69 Å². The Morgan fingerprint density at radius 1 is 1.53 bits per heavy atom. The van der Waals surface area contributed by atoms with E-state index in [0.29, 0.717) is 17.0 Å². The van der Waals surface area contributed by atoms with Crippen molar-refractivity contribution in [3.8, 4) is 5.75 Å². The van der Waals surface area contributed by atoms with Crippen LogP contribution in [0, 0.1) is 5.92 Å². The van der Waals surface area contributed by atoms with Crippen molar-refractivity contribution in [2.24, 2.45) is 5.92 Å². The third-order valence-corrected chi connectivity index (χ3v) is 3.01. The van der Waals surface area contributed by atoms with Crippen LogP contribution in [0.1, 0.15) is 29.6 Å². The van der Waals surface area contributed by atoms with Crippen LogP contribution in [-0.4, -0.2) is 19.6 Å². The Morgan fingerprint density at radius 2 is 2.29 bits per heavy atom. The van der Waals surface area contributed by atoms with E-state index in [1.807, 2.05) is 0 Å². The van der Waals surface area contributed by atoms with Crippen LogP contribution in [0.3, 0.4) is 0 Å². The van der Waals surface area contributed by atoms with E-state index in [9.17, 15) is 4.79 Å². The van der Waals surface area contributed by atoms with Crippen LogP contribution < -0.4 is 15.8 Å². The lowest BCUT2D eigenvalue weighted by atomic mass is 10.1. The molecule has 1 aliphatic carbocycles. The van der Waals surface area contributed by atoms with Crippen molar-refractivity contribution in [1.82, 2.24) is 5.32 Å².